The Morgan fingerprint density at radius 2 is 2.32 bits per heavy atom. The first-order valence-electron chi connectivity index (χ1n) is 6.91. The second kappa shape index (κ2) is 6.37. The first kappa shape index (κ1) is 15.7. The molecule has 1 aliphatic rings. The van der Waals surface area contributed by atoms with Gasteiger partial charge in [-0.15, -0.1) is 0 Å². The zero-order valence-corrected chi connectivity index (χ0v) is 12.1. The van der Waals surface area contributed by atoms with Gasteiger partial charge in [0, 0.05) is 31.6 Å². The van der Waals surface area contributed by atoms with E-state index in [-0.39, 0.29) is 29.0 Å². The van der Waals surface area contributed by atoms with E-state index in [0.29, 0.717) is 25.9 Å². The molecule has 0 saturated carbocycles. The van der Waals surface area contributed by atoms with E-state index in [9.17, 15) is 19.7 Å². The number of likely N-dealkylation sites (tertiary alicyclic amines) is 1. The van der Waals surface area contributed by atoms with Crippen molar-refractivity contribution in [2.45, 2.75) is 25.8 Å². The van der Waals surface area contributed by atoms with E-state index in [1.807, 2.05) is 0 Å². The van der Waals surface area contributed by atoms with Crippen molar-refractivity contribution in [3.05, 3.63) is 27.9 Å². The molecule has 0 bridgehead atoms. The van der Waals surface area contributed by atoms with E-state index in [0.717, 1.165) is 12.3 Å². The third-order valence-electron chi connectivity index (χ3n) is 3.53. The maximum atomic E-state index is 11.6. The molecular formula is C13H17N5O4. The van der Waals surface area contributed by atoms with E-state index in [1.165, 1.54) is 0 Å². The van der Waals surface area contributed by atoms with Crippen LogP contribution in [0.2, 0.25) is 0 Å². The standard InChI is InChI=1S/C13H17N5O4/c1-2-11(19)17-4-3-8(7-17)16-13-10(12(14)20)5-9(6-15-13)18(21)22/h5-6,8H,2-4,7H2,1H3,(H2,14,20)(H,15,16). The Morgan fingerprint density at radius 3 is 2.91 bits per heavy atom. The summed E-state index contributed by atoms with van der Waals surface area (Å²) in [6, 6.07) is 1.03. The molecule has 1 aliphatic heterocycles. The molecule has 0 radical (unpaired) electrons. The van der Waals surface area contributed by atoms with Crippen LogP contribution in [0.4, 0.5) is 11.5 Å². The van der Waals surface area contributed by atoms with Crippen molar-refractivity contribution >= 4 is 23.3 Å². The van der Waals surface area contributed by atoms with E-state index < -0.39 is 10.8 Å². The Balaban J connectivity index is 2.15. The number of nitrogens with two attached hydrogens (primary N) is 1. The summed E-state index contributed by atoms with van der Waals surface area (Å²) in [5.41, 5.74) is 4.92. The largest absolute Gasteiger partial charge is 0.365 e. The van der Waals surface area contributed by atoms with Crippen molar-refractivity contribution in [3.8, 4) is 0 Å². The van der Waals surface area contributed by atoms with Crippen molar-refractivity contribution in [1.82, 2.24) is 9.88 Å². The molecule has 2 rings (SSSR count). The lowest BCUT2D eigenvalue weighted by Crippen LogP contribution is -2.31. The third-order valence-corrected chi connectivity index (χ3v) is 3.53. The summed E-state index contributed by atoms with van der Waals surface area (Å²) in [7, 11) is 0. The number of aromatic nitrogens is 1. The Labute approximate surface area is 126 Å². The van der Waals surface area contributed by atoms with Crippen LogP contribution in [0.1, 0.15) is 30.1 Å². The van der Waals surface area contributed by atoms with Crippen molar-refractivity contribution < 1.29 is 14.5 Å². The Bertz CT molecular complexity index is 618. The van der Waals surface area contributed by atoms with Crippen molar-refractivity contribution in [1.29, 1.82) is 0 Å². The Morgan fingerprint density at radius 1 is 1.59 bits per heavy atom. The molecule has 1 fully saturated rings. The van der Waals surface area contributed by atoms with Crippen LogP contribution in [0.3, 0.4) is 0 Å². The topological polar surface area (TPSA) is 131 Å². The average molecular weight is 307 g/mol. The second-order valence-corrected chi connectivity index (χ2v) is 5.03. The van der Waals surface area contributed by atoms with Crippen LogP contribution in [-0.4, -0.2) is 45.8 Å². The van der Waals surface area contributed by atoms with E-state index >= 15 is 0 Å². The number of hydrogen-bond donors (Lipinski definition) is 2. The van der Waals surface area contributed by atoms with Gasteiger partial charge < -0.3 is 16.0 Å². The molecular weight excluding hydrogens is 290 g/mol. The molecule has 3 N–H and O–H groups in total. The highest BCUT2D eigenvalue weighted by Gasteiger charge is 2.27. The minimum atomic E-state index is -0.793. The van der Waals surface area contributed by atoms with Gasteiger partial charge in [0.2, 0.25) is 5.91 Å². The molecule has 0 aromatic carbocycles. The maximum absolute atomic E-state index is 11.6. The fourth-order valence-corrected chi connectivity index (χ4v) is 2.38. The number of rotatable bonds is 5. The molecule has 1 atom stereocenters. The van der Waals surface area contributed by atoms with Gasteiger partial charge in [-0.2, -0.15) is 0 Å². The highest BCUT2D eigenvalue weighted by atomic mass is 16.6. The molecule has 118 valence electrons. The number of nitro groups is 1. The summed E-state index contributed by atoms with van der Waals surface area (Å²) < 4.78 is 0. The fourth-order valence-electron chi connectivity index (χ4n) is 2.38. The average Bonchev–Trinajstić information content (AvgIpc) is 2.94. The summed E-state index contributed by atoms with van der Waals surface area (Å²) in [5.74, 6) is -0.525. The summed E-state index contributed by atoms with van der Waals surface area (Å²) >= 11 is 0. The normalized spacial score (nSPS) is 17.3. The van der Waals surface area contributed by atoms with Crippen LogP contribution in [0.25, 0.3) is 0 Å². The van der Waals surface area contributed by atoms with Crippen LogP contribution in [-0.2, 0) is 4.79 Å². The lowest BCUT2D eigenvalue weighted by Gasteiger charge is -2.17. The lowest BCUT2D eigenvalue weighted by atomic mass is 10.2. The summed E-state index contributed by atoms with van der Waals surface area (Å²) in [6.07, 6.45) is 2.22. The van der Waals surface area contributed by atoms with E-state index in [4.69, 9.17) is 5.73 Å². The van der Waals surface area contributed by atoms with Crippen LogP contribution < -0.4 is 11.1 Å². The highest BCUT2D eigenvalue weighted by molar-refractivity contribution is 5.98. The molecule has 9 nitrogen and oxygen atoms in total. The molecule has 1 aromatic rings. The van der Waals surface area contributed by atoms with E-state index in [2.05, 4.69) is 10.3 Å². The summed E-state index contributed by atoms with van der Waals surface area (Å²) in [4.78, 5) is 38.8. The number of pyridine rings is 1. The van der Waals surface area contributed by atoms with Gasteiger partial charge in [0.1, 0.15) is 12.0 Å². The molecule has 1 unspecified atom stereocenters. The predicted octanol–water partition coefficient (Wildman–Crippen LogP) is 0.512. The number of hydrogen-bond acceptors (Lipinski definition) is 6. The van der Waals surface area contributed by atoms with Crippen molar-refractivity contribution in [2.75, 3.05) is 18.4 Å². The SMILES string of the molecule is CCC(=O)N1CCC(Nc2ncc([N+](=O)[O-])cc2C(N)=O)C1. The molecule has 9 heteroatoms. The van der Waals surface area contributed by atoms with Crippen LogP contribution in [0.15, 0.2) is 12.3 Å². The monoisotopic (exact) mass is 307 g/mol. The molecule has 0 spiro atoms. The van der Waals surface area contributed by atoms with Gasteiger partial charge in [-0.1, -0.05) is 6.92 Å². The molecule has 1 aromatic heterocycles. The molecule has 1 saturated heterocycles. The fraction of sp³-hybridized carbons (Fsp3) is 0.462. The second-order valence-electron chi connectivity index (χ2n) is 5.03. The molecule has 0 aliphatic carbocycles. The third kappa shape index (κ3) is 3.30. The van der Waals surface area contributed by atoms with Crippen molar-refractivity contribution in [2.24, 2.45) is 5.73 Å². The zero-order chi connectivity index (χ0) is 16.3. The molecule has 2 amide bonds. The number of primary amides is 1. The zero-order valence-electron chi connectivity index (χ0n) is 12.1. The number of carbonyl (C=O) groups is 2. The Hall–Kier alpha value is -2.71. The van der Waals surface area contributed by atoms with Crippen LogP contribution in [0, 0.1) is 10.1 Å². The minimum absolute atomic E-state index is 0.0329. The van der Waals surface area contributed by atoms with Gasteiger partial charge in [-0.3, -0.25) is 19.7 Å². The number of anilines is 1. The van der Waals surface area contributed by atoms with Crippen molar-refractivity contribution in [3.63, 3.8) is 0 Å². The van der Waals surface area contributed by atoms with Gasteiger partial charge in [0.05, 0.1) is 10.5 Å². The highest BCUT2D eigenvalue weighted by Crippen LogP contribution is 2.21. The van der Waals surface area contributed by atoms with Gasteiger partial charge in [0.25, 0.3) is 11.6 Å². The first-order chi connectivity index (χ1) is 10.4. The number of amides is 2. The quantitative estimate of drug-likeness (QED) is 0.602. The minimum Gasteiger partial charge on any atom is -0.365 e. The summed E-state index contributed by atoms with van der Waals surface area (Å²) in [6.45, 7) is 2.93. The number of nitrogens with one attached hydrogen (secondary N) is 1. The lowest BCUT2D eigenvalue weighted by molar-refractivity contribution is -0.385. The molecule has 22 heavy (non-hydrogen) atoms. The first-order valence-corrected chi connectivity index (χ1v) is 6.91. The number of nitrogens with zero attached hydrogens (tertiary/aromatic N) is 3. The predicted molar refractivity (Wildman–Crippen MR) is 78.3 cm³/mol. The van der Waals surface area contributed by atoms with Gasteiger partial charge in [-0.25, -0.2) is 4.98 Å². The smallest absolute Gasteiger partial charge is 0.288 e. The van der Waals surface area contributed by atoms with Crippen LogP contribution in [0.5, 0.6) is 0 Å². The van der Waals surface area contributed by atoms with Gasteiger partial charge >= 0.3 is 0 Å². The van der Waals surface area contributed by atoms with Gasteiger partial charge in [0.15, 0.2) is 0 Å². The van der Waals surface area contributed by atoms with E-state index in [1.54, 1.807) is 11.8 Å². The van der Waals surface area contributed by atoms with Crippen LogP contribution >= 0.6 is 0 Å². The summed E-state index contributed by atoms with van der Waals surface area (Å²) in [5, 5.41) is 13.8. The number of carbonyl (C=O) groups excluding carboxylic acids is 2. The maximum Gasteiger partial charge on any atom is 0.288 e. The Kier molecular flexibility index (Phi) is 4.54. The van der Waals surface area contributed by atoms with Gasteiger partial charge in [-0.05, 0) is 6.42 Å². The molecule has 2 heterocycles.